The summed E-state index contributed by atoms with van der Waals surface area (Å²) in [5, 5.41) is 3.09. The molecule has 148 valence electrons. The number of benzene rings is 1. The standard InChI is InChI=1S/C23H29N3O2/c1-3-4-5-6-7-8-12-21(27)25-23-22(18-13-15-19(28-2)16-14-18)24-20-11-9-10-17-26(20)23/h9-11,13-17H,3-8,12H2,1-2H3,(H,25,27). The number of hydrogen-bond acceptors (Lipinski definition) is 3. The monoisotopic (exact) mass is 379 g/mol. The van der Waals surface area contributed by atoms with Crippen LogP contribution in [0.15, 0.2) is 48.7 Å². The van der Waals surface area contributed by atoms with Gasteiger partial charge in [0, 0.05) is 18.2 Å². The predicted octanol–water partition coefficient (Wildman–Crippen LogP) is 5.70. The molecule has 0 radical (unpaired) electrons. The Morgan fingerprint density at radius 3 is 2.54 bits per heavy atom. The fourth-order valence-electron chi connectivity index (χ4n) is 3.33. The number of unbranched alkanes of at least 4 members (excludes halogenated alkanes) is 5. The lowest BCUT2D eigenvalue weighted by Crippen LogP contribution is -2.13. The second-order valence-electron chi connectivity index (χ2n) is 7.03. The molecule has 3 aromatic rings. The molecule has 1 N–H and O–H groups in total. The van der Waals surface area contributed by atoms with Gasteiger partial charge < -0.3 is 10.1 Å². The Hall–Kier alpha value is -2.82. The van der Waals surface area contributed by atoms with Crippen molar-refractivity contribution in [1.82, 2.24) is 9.38 Å². The van der Waals surface area contributed by atoms with Gasteiger partial charge in [-0.05, 0) is 42.8 Å². The molecular formula is C23H29N3O2. The second kappa shape index (κ2) is 9.93. The van der Waals surface area contributed by atoms with E-state index in [-0.39, 0.29) is 5.91 Å². The van der Waals surface area contributed by atoms with E-state index in [1.165, 1.54) is 25.7 Å². The van der Waals surface area contributed by atoms with Crippen molar-refractivity contribution in [2.75, 3.05) is 12.4 Å². The van der Waals surface area contributed by atoms with E-state index >= 15 is 0 Å². The van der Waals surface area contributed by atoms with Crippen LogP contribution in [0, 0.1) is 0 Å². The van der Waals surface area contributed by atoms with Crippen LogP contribution < -0.4 is 10.1 Å². The average Bonchev–Trinajstić information content (AvgIpc) is 3.09. The summed E-state index contributed by atoms with van der Waals surface area (Å²) < 4.78 is 7.17. The number of pyridine rings is 1. The van der Waals surface area contributed by atoms with Gasteiger partial charge in [0.05, 0.1) is 7.11 Å². The van der Waals surface area contributed by atoms with Gasteiger partial charge >= 0.3 is 0 Å². The van der Waals surface area contributed by atoms with Gasteiger partial charge in [-0.2, -0.15) is 0 Å². The Balaban J connectivity index is 1.74. The number of rotatable bonds is 10. The SMILES string of the molecule is CCCCCCCCC(=O)Nc1c(-c2ccc(OC)cc2)nc2ccccn12. The Kier molecular flexibility index (Phi) is 7.06. The first-order valence-electron chi connectivity index (χ1n) is 10.1. The molecular weight excluding hydrogens is 350 g/mol. The van der Waals surface area contributed by atoms with Gasteiger partial charge in [0.15, 0.2) is 0 Å². The molecule has 0 aliphatic carbocycles. The largest absolute Gasteiger partial charge is 0.497 e. The number of methoxy groups -OCH3 is 1. The number of nitrogens with zero attached hydrogens (tertiary/aromatic N) is 2. The minimum absolute atomic E-state index is 0.0379. The number of carbonyl (C=O) groups excluding carboxylic acids is 1. The van der Waals surface area contributed by atoms with Crippen LogP contribution in [0.2, 0.25) is 0 Å². The minimum Gasteiger partial charge on any atom is -0.497 e. The highest BCUT2D eigenvalue weighted by molar-refractivity contribution is 5.94. The molecule has 0 aliphatic heterocycles. The number of imidazole rings is 1. The molecule has 5 heteroatoms. The number of nitrogens with one attached hydrogen (secondary N) is 1. The normalized spacial score (nSPS) is 10.9. The molecule has 0 bridgehead atoms. The van der Waals surface area contributed by atoms with E-state index in [1.54, 1.807) is 7.11 Å². The highest BCUT2D eigenvalue weighted by Gasteiger charge is 2.16. The van der Waals surface area contributed by atoms with Gasteiger partial charge in [-0.1, -0.05) is 45.1 Å². The highest BCUT2D eigenvalue weighted by Crippen LogP contribution is 2.30. The predicted molar refractivity (Wildman–Crippen MR) is 114 cm³/mol. The molecule has 2 aromatic heterocycles. The molecule has 2 heterocycles. The molecule has 5 nitrogen and oxygen atoms in total. The minimum atomic E-state index is 0.0379. The van der Waals surface area contributed by atoms with Crippen molar-refractivity contribution in [3.05, 3.63) is 48.7 Å². The first-order chi connectivity index (χ1) is 13.7. The molecule has 0 unspecified atom stereocenters. The lowest BCUT2D eigenvalue weighted by Gasteiger charge is -2.08. The lowest BCUT2D eigenvalue weighted by molar-refractivity contribution is -0.116. The number of ether oxygens (including phenoxy) is 1. The zero-order chi connectivity index (χ0) is 19.8. The maximum Gasteiger partial charge on any atom is 0.225 e. The van der Waals surface area contributed by atoms with Crippen LogP contribution in [0.5, 0.6) is 5.75 Å². The molecule has 1 amide bonds. The molecule has 0 spiro atoms. The van der Waals surface area contributed by atoms with E-state index in [9.17, 15) is 4.79 Å². The van der Waals surface area contributed by atoms with Crippen LogP contribution in [0.1, 0.15) is 51.9 Å². The molecule has 0 saturated carbocycles. The van der Waals surface area contributed by atoms with E-state index < -0.39 is 0 Å². The van der Waals surface area contributed by atoms with Gasteiger partial charge in [0.1, 0.15) is 22.9 Å². The Labute approximate surface area is 166 Å². The lowest BCUT2D eigenvalue weighted by atomic mass is 10.1. The third-order valence-electron chi connectivity index (χ3n) is 4.91. The Bertz CT molecular complexity index is 900. The van der Waals surface area contributed by atoms with Crippen molar-refractivity contribution in [3.63, 3.8) is 0 Å². The summed E-state index contributed by atoms with van der Waals surface area (Å²) in [6, 6.07) is 13.6. The third kappa shape index (κ3) is 4.91. The number of fused-ring (bicyclic) bond motifs is 1. The second-order valence-corrected chi connectivity index (χ2v) is 7.03. The van der Waals surface area contributed by atoms with Crippen LogP contribution >= 0.6 is 0 Å². The molecule has 3 rings (SSSR count). The van der Waals surface area contributed by atoms with Crippen molar-refractivity contribution in [2.24, 2.45) is 0 Å². The van der Waals surface area contributed by atoms with E-state index in [0.717, 1.165) is 41.3 Å². The number of amides is 1. The van der Waals surface area contributed by atoms with Gasteiger partial charge in [-0.15, -0.1) is 0 Å². The number of aromatic nitrogens is 2. The zero-order valence-corrected chi connectivity index (χ0v) is 16.8. The topological polar surface area (TPSA) is 55.6 Å². The number of hydrogen-bond donors (Lipinski definition) is 1. The van der Waals surface area contributed by atoms with Crippen molar-refractivity contribution in [1.29, 1.82) is 0 Å². The van der Waals surface area contributed by atoms with Gasteiger partial charge in [0.25, 0.3) is 0 Å². The van der Waals surface area contributed by atoms with Crippen LogP contribution in [-0.4, -0.2) is 22.4 Å². The van der Waals surface area contributed by atoms with Crippen molar-refractivity contribution >= 4 is 17.4 Å². The van der Waals surface area contributed by atoms with Crippen molar-refractivity contribution < 1.29 is 9.53 Å². The van der Waals surface area contributed by atoms with Crippen molar-refractivity contribution in [3.8, 4) is 17.0 Å². The Morgan fingerprint density at radius 2 is 1.79 bits per heavy atom. The third-order valence-corrected chi connectivity index (χ3v) is 4.91. The molecule has 28 heavy (non-hydrogen) atoms. The summed E-state index contributed by atoms with van der Waals surface area (Å²) >= 11 is 0. The first kappa shape index (κ1) is 19.9. The highest BCUT2D eigenvalue weighted by atomic mass is 16.5. The van der Waals surface area contributed by atoms with Crippen LogP contribution in [0.4, 0.5) is 5.82 Å². The smallest absolute Gasteiger partial charge is 0.225 e. The summed E-state index contributed by atoms with van der Waals surface area (Å²) in [5.74, 6) is 1.55. The summed E-state index contributed by atoms with van der Waals surface area (Å²) in [4.78, 5) is 17.3. The van der Waals surface area contributed by atoms with E-state index in [4.69, 9.17) is 9.72 Å². The Morgan fingerprint density at radius 1 is 1.04 bits per heavy atom. The zero-order valence-electron chi connectivity index (χ0n) is 16.8. The van der Waals surface area contributed by atoms with E-state index in [2.05, 4.69) is 12.2 Å². The quantitative estimate of drug-likeness (QED) is 0.460. The fraction of sp³-hybridized carbons (Fsp3) is 0.391. The average molecular weight is 380 g/mol. The van der Waals surface area contributed by atoms with Crippen molar-refractivity contribution in [2.45, 2.75) is 51.9 Å². The van der Waals surface area contributed by atoms with E-state index in [0.29, 0.717) is 6.42 Å². The van der Waals surface area contributed by atoms with Gasteiger partial charge in [0.2, 0.25) is 5.91 Å². The molecule has 0 aliphatic rings. The van der Waals surface area contributed by atoms with Gasteiger partial charge in [-0.25, -0.2) is 4.98 Å². The van der Waals surface area contributed by atoms with Crippen LogP contribution in [0.25, 0.3) is 16.9 Å². The summed E-state index contributed by atoms with van der Waals surface area (Å²) in [5.41, 5.74) is 2.52. The summed E-state index contributed by atoms with van der Waals surface area (Å²) in [7, 11) is 1.65. The molecule has 0 atom stereocenters. The number of anilines is 1. The molecule has 0 saturated heterocycles. The molecule has 1 aromatic carbocycles. The van der Waals surface area contributed by atoms with E-state index in [1.807, 2.05) is 53.1 Å². The van der Waals surface area contributed by atoms with Crippen LogP contribution in [0.3, 0.4) is 0 Å². The number of carbonyl (C=O) groups is 1. The summed E-state index contributed by atoms with van der Waals surface area (Å²) in [6.45, 7) is 2.21. The first-order valence-corrected chi connectivity index (χ1v) is 10.1. The van der Waals surface area contributed by atoms with Gasteiger partial charge in [-0.3, -0.25) is 9.20 Å². The van der Waals surface area contributed by atoms with Crippen LogP contribution in [-0.2, 0) is 4.79 Å². The maximum atomic E-state index is 12.6. The maximum absolute atomic E-state index is 12.6. The summed E-state index contributed by atoms with van der Waals surface area (Å²) in [6.07, 6.45) is 9.46. The fourth-order valence-corrected chi connectivity index (χ4v) is 3.33. The molecule has 0 fully saturated rings.